The van der Waals surface area contributed by atoms with Gasteiger partial charge in [-0.25, -0.2) is 9.59 Å². The fraction of sp³-hybridized carbons (Fsp3) is 0.765. The molecule has 1 unspecified atom stereocenters. The first-order valence-corrected chi connectivity index (χ1v) is 8.37. The molecule has 0 spiro atoms. The molecule has 128 valence electrons. The molecule has 5 heteroatoms. The molecule has 0 aromatic carbocycles. The summed E-state index contributed by atoms with van der Waals surface area (Å²) >= 11 is 0. The minimum atomic E-state index is -0.509. The molecule has 5 nitrogen and oxygen atoms in total. The average molecular weight is 313 g/mol. The summed E-state index contributed by atoms with van der Waals surface area (Å²) in [6.07, 6.45) is 9.24. The number of carbonyl (C=O) groups is 2. The average Bonchev–Trinajstić information content (AvgIpc) is 2.53. The number of unbranched alkanes of at least 4 members (excludes halogenated alkanes) is 6. The molecule has 1 atom stereocenters. The molecule has 0 aliphatic carbocycles. The standard InChI is InChI=1S/C17H31NO4/c1-4-7-8-9-10-11-12-13-18-17(20)22-15(5-2)14-21-16(19)6-3/h6,15H,3-5,7-14H2,1-2H3,(H,18,20). The maximum Gasteiger partial charge on any atom is 0.407 e. The second-order valence-electron chi connectivity index (χ2n) is 5.32. The van der Waals surface area contributed by atoms with Gasteiger partial charge in [0.1, 0.15) is 12.7 Å². The van der Waals surface area contributed by atoms with Crippen molar-refractivity contribution in [2.75, 3.05) is 13.2 Å². The summed E-state index contributed by atoms with van der Waals surface area (Å²) in [5.74, 6) is -0.509. The Bertz CT molecular complexity index is 318. The summed E-state index contributed by atoms with van der Waals surface area (Å²) in [6, 6.07) is 0. The van der Waals surface area contributed by atoms with Crippen molar-refractivity contribution in [2.24, 2.45) is 0 Å². The summed E-state index contributed by atoms with van der Waals surface area (Å²) in [4.78, 5) is 22.6. The van der Waals surface area contributed by atoms with E-state index >= 15 is 0 Å². The lowest BCUT2D eigenvalue weighted by Crippen LogP contribution is -2.32. The van der Waals surface area contributed by atoms with E-state index in [1.54, 1.807) is 0 Å². The SMILES string of the molecule is C=CC(=O)OCC(CC)OC(=O)NCCCCCCCCC. The molecule has 0 saturated carbocycles. The van der Waals surface area contributed by atoms with Crippen LogP contribution in [0.4, 0.5) is 4.79 Å². The summed E-state index contributed by atoms with van der Waals surface area (Å²) in [5.41, 5.74) is 0. The highest BCUT2D eigenvalue weighted by Gasteiger charge is 2.13. The van der Waals surface area contributed by atoms with Crippen LogP contribution in [0.25, 0.3) is 0 Å². The lowest BCUT2D eigenvalue weighted by molar-refractivity contribution is -0.140. The van der Waals surface area contributed by atoms with E-state index in [2.05, 4.69) is 18.8 Å². The molecule has 0 aliphatic rings. The smallest absolute Gasteiger partial charge is 0.407 e. The van der Waals surface area contributed by atoms with Gasteiger partial charge in [-0.1, -0.05) is 59.0 Å². The van der Waals surface area contributed by atoms with Crippen LogP contribution < -0.4 is 5.32 Å². The Balaban J connectivity index is 3.61. The largest absolute Gasteiger partial charge is 0.459 e. The summed E-state index contributed by atoms with van der Waals surface area (Å²) in [5, 5.41) is 2.73. The van der Waals surface area contributed by atoms with Crippen molar-refractivity contribution >= 4 is 12.1 Å². The van der Waals surface area contributed by atoms with Crippen LogP contribution in [0.1, 0.15) is 65.2 Å². The van der Waals surface area contributed by atoms with Gasteiger partial charge in [0.25, 0.3) is 0 Å². The molecule has 0 aliphatic heterocycles. The first-order valence-electron chi connectivity index (χ1n) is 8.37. The van der Waals surface area contributed by atoms with E-state index < -0.39 is 18.2 Å². The number of carbonyl (C=O) groups excluding carboxylic acids is 2. The Kier molecular flexibility index (Phi) is 13.4. The zero-order valence-corrected chi connectivity index (χ0v) is 14.1. The zero-order chi connectivity index (χ0) is 16.6. The van der Waals surface area contributed by atoms with Crippen LogP contribution in [0.15, 0.2) is 12.7 Å². The Morgan fingerprint density at radius 2 is 1.73 bits per heavy atom. The minimum absolute atomic E-state index is 0.0617. The van der Waals surface area contributed by atoms with E-state index in [-0.39, 0.29) is 6.61 Å². The molecule has 0 fully saturated rings. The Morgan fingerprint density at radius 3 is 2.32 bits per heavy atom. The van der Waals surface area contributed by atoms with Crippen molar-refractivity contribution in [3.8, 4) is 0 Å². The first-order chi connectivity index (χ1) is 10.6. The van der Waals surface area contributed by atoms with Gasteiger partial charge in [0.2, 0.25) is 0 Å². The maximum absolute atomic E-state index is 11.6. The lowest BCUT2D eigenvalue weighted by atomic mass is 10.1. The first kappa shape index (κ1) is 20.5. The molecule has 0 bridgehead atoms. The summed E-state index contributed by atoms with van der Waals surface area (Å²) in [7, 11) is 0. The lowest BCUT2D eigenvalue weighted by Gasteiger charge is -2.16. The maximum atomic E-state index is 11.6. The molecule has 0 aromatic heterocycles. The molecule has 0 radical (unpaired) electrons. The topological polar surface area (TPSA) is 64.6 Å². The van der Waals surface area contributed by atoms with Crippen molar-refractivity contribution in [3.05, 3.63) is 12.7 Å². The molecule has 0 heterocycles. The third-order valence-electron chi connectivity index (χ3n) is 3.36. The quantitative estimate of drug-likeness (QED) is 0.317. The zero-order valence-electron chi connectivity index (χ0n) is 14.1. The van der Waals surface area contributed by atoms with Crippen LogP contribution in [0, 0.1) is 0 Å². The highest BCUT2D eigenvalue weighted by atomic mass is 16.6. The molecule has 22 heavy (non-hydrogen) atoms. The normalized spacial score (nSPS) is 11.5. The van der Waals surface area contributed by atoms with Gasteiger partial charge in [0.15, 0.2) is 0 Å². The van der Waals surface area contributed by atoms with Gasteiger partial charge in [-0.2, -0.15) is 0 Å². The van der Waals surface area contributed by atoms with Gasteiger partial charge in [0.05, 0.1) is 0 Å². The molecular weight excluding hydrogens is 282 g/mol. The van der Waals surface area contributed by atoms with Crippen molar-refractivity contribution in [2.45, 2.75) is 71.3 Å². The summed E-state index contributed by atoms with van der Waals surface area (Å²) < 4.78 is 10.1. The summed E-state index contributed by atoms with van der Waals surface area (Å²) in [6.45, 7) is 8.07. The van der Waals surface area contributed by atoms with E-state index in [1.165, 1.54) is 32.1 Å². The number of hydrogen-bond acceptors (Lipinski definition) is 4. The molecule has 1 amide bonds. The van der Waals surface area contributed by atoms with Crippen molar-refractivity contribution < 1.29 is 19.1 Å². The van der Waals surface area contributed by atoms with Gasteiger partial charge in [-0.05, 0) is 12.8 Å². The number of esters is 1. The number of rotatable bonds is 13. The number of hydrogen-bond donors (Lipinski definition) is 1. The van der Waals surface area contributed by atoms with Crippen LogP contribution in [-0.2, 0) is 14.3 Å². The fourth-order valence-corrected chi connectivity index (χ4v) is 1.93. The molecule has 1 N–H and O–H groups in total. The molecule has 0 aromatic rings. The van der Waals surface area contributed by atoms with E-state index in [9.17, 15) is 9.59 Å². The molecular formula is C17H31NO4. The van der Waals surface area contributed by atoms with Crippen molar-refractivity contribution in [3.63, 3.8) is 0 Å². The van der Waals surface area contributed by atoms with Gasteiger partial charge in [-0.15, -0.1) is 0 Å². The number of nitrogens with one attached hydrogen (secondary N) is 1. The van der Waals surface area contributed by atoms with Gasteiger partial charge in [-0.3, -0.25) is 0 Å². The van der Waals surface area contributed by atoms with E-state index in [4.69, 9.17) is 9.47 Å². The Morgan fingerprint density at radius 1 is 1.09 bits per heavy atom. The molecule has 0 saturated heterocycles. The van der Waals surface area contributed by atoms with Crippen molar-refractivity contribution in [1.29, 1.82) is 0 Å². The predicted octanol–water partition coefficient (Wildman–Crippen LogP) is 3.97. The Labute approximate surface area is 134 Å². The number of ether oxygens (including phenoxy) is 2. The minimum Gasteiger partial charge on any atom is -0.459 e. The van der Waals surface area contributed by atoms with E-state index in [0.29, 0.717) is 13.0 Å². The second-order valence-corrected chi connectivity index (χ2v) is 5.32. The van der Waals surface area contributed by atoms with Gasteiger partial charge >= 0.3 is 12.1 Å². The number of amides is 1. The van der Waals surface area contributed by atoms with Crippen LogP contribution in [-0.4, -0.2) is 31.3 Å². The van der Waals surface area contributed by atoms with E-state index in [0.717, 1.165) is 18.9 Å². The van der Waals surface area contributed by atoms with Crippen LogP contribution in [0.5, 0.6) is 0 Å². The fourth-order valence-electron chi connectivity index (χ4n) is 1.93. The highest BCUT2D eigenvalue weighted by molar-refractivity contribution is 5.81. The van der Waals surface area contributed by atoms with Crippen molar-refractivity contribution in [1.82, 2.24) is 5.32 Å². The van der Waals surface area contributed by atoms with Gasteiger partial charge in [0, 0.05) is 12.6 Å². The third-order valence-corrected chi connectivity index (χ3v) is 3.36. The Hall–Kier alpha value is -1.52. The molecule has 0 rings (SSSR count). The number of alkyl carbamates (subject to hydrolysis) is 1. The third kappa shape index (κ3) is 12.2. The van der Waals surface area contributed by atoms with Gasteiger partial charge < -0.3 is 14.8 Å². The van der Waals surface area contributed by atoms with Crippen LogP contribution >= 0.6 is 0 Å². The second kappa shape index (κ2) is 14.4. The monoisotopic (exact) mass is 313 g/mol. The van der Waals surface area contributed by atoms with E-state index in [1.807, 2.05) is 6.92 Å². The highest BCUT2D eigenvalue weighted by Crippen LogP contribution is 2.06. The van der Waals surface area contributed by atoms with Crippen LogP contribution in [0.3, 0.4) is 0 Å². The van der Waals surface area contributed by atoms with Crippen LogP contribution in [0.2, 0.25) is 0 Å². The predicted molar refractivity (Wildman–Crippen MR) is 87.7 cm³/mol.